The summed E-state index contributed by atoms with van der Waals surface area (Å²) < 4.78 is 2.10. The van der Waals surface area contributed by atoms with Crippen LogP contribution in [0.2, 0.25) is 0 Å². The van der Waals surface area contributed by atoms with Gasteiger partial charge in [0.2, 0.25) is 0 Å². The van der Waals surface area contributed by atoms with Gasteiger partial charge < -0.3 is 19.9 Å². The summed E-state index contributed by atoms with van der Waals surface area (Å²) in [4.78, 5) is 15.6. The fraction of sp³-hybridized carbons (Fsp3) is 0.722. The van der Waals surface area contributed by atoms with Crippen LogP contribution in [0.15, 0.2) is 12.7 Å². The van der Waals surface area contributed by atoms with Gasteiger partial charge in [0, 0.05) is 25.7 Å². The molecule has 25 heavy (non-hydrogen) atoms. The van der Waals surface area contributed by atoms with Crippen molar-refractivity contribution in [1.29, 1.82) is 0 Å². The Bertz CT molecular complexity index is 654. The molecule has 0 amide bonds. The number of aliphatic hydroxyl groups is 1. The first-order chi connectivity index (χ1) is 11.7. The van der Waals surface area contributed by atoms with Crippen LogP contribution in [-0.4, -0.2) is 56.4 Å². The Balaban J connectivity index is 0.00000225. The summed E-state index contributed by atoms with van der Waals surface area (Å²) in [7, 11) is 0. The summed E-state index contributed by atoms with van der Waals surface area (Å²) in [5.74, 6) is 0.910. The fourth-order valence-corrected chi connectivity index (χ4v) is 3.50. The second-order valence-electron chi connectivity index (χ2n) is 6.39. The van der Waals surface area contributed by atoms with Gasteiger partial charge >= 0.3 is 0 Å². The first-order valence-electron chi connectivity index (χ1n) is 9.06. The quantitative estimate of drug-likeness (QED) is 0.799. The van der Waals surface area contributed by atoms with E-state index in [0.717, 1.165) is 68.8 Å². The molecule has 0 spiro atoms. The van der Waals surface area contributed by atoms with Crippen molar-refractivity contribution < 1.29 is 5.11 Å². The number of aliphatic hydroxyl groups excluding tert-OH is 1. The second kappa shape index (κ2) is 9.10. The van der Waals surface area contributed by atoms with Crippen LogP contribution in [0.25, 0.3) is 11.2 Å². The van der Waals surface area contributed by atoms with Crippen molar-refractivity contribution in [2.75, 3.05) is 24.5 Å². The molecule has 2 aromatic heterocycles. The van der Waals surface area contributed by atoms with Crippen LogP contribution in [0.4, 0.5) is 5.82 Å². The third-order valence-electron chi connectivity index (χ3n) is 4.91. The first kappa shape index (κ1) is 19.6. The molecule has 1 aliphatic rings. The Morgan fingerprint density at radius 1 is 1.28 bits per heavy atom. The van der Waals surface area contributed by atoms with E-state index in [4.69, 9.17) is 0 Å². The lowest BCUT2D eigenvalue weighted by molar-refractivity contribution is 0.0909. The van der Waals surface area contributed by atoms with Gasteiger partial charge in [0.15, 0.2) is 17.0 Å². The molecule has 2 N–H and O–H groups in total. The highest BCUT2D eigenvalue weighted by Gasteiger charge is 2.22. The van der Waals surface area contributed by atoms with Gasteiger partial charge in [-0.2, -0.15) is 0 Å². The summed E-state index contributed by atoms with van der Waals surface area (Å²) in [6.07, 6.45) is 7.20. The molecule has 2 atom stereocenters. The molecule has 1 aliphatic heterocycles. The second-order valence-corrected chi connectivity index (χ2v) is 6.39. The minimum Gasteiger partial charge on any atom is -0.392 e. The summed E-state index contributed by atoms with van der Waals surface area (Å²) in [5, 5.41) is 13.5. The molecule has 0 saturated carbocycles. The number of nitrogens with zero attached hydrogens (tertiary/aromatic N) is 5. The topological polar surface area (TPSA) is 79.1 Å². The highest BCUT2D eigenvalue weighted by molar-refractivity contribution is 5.83. The molecule has 0 aromatic carbocycles. The van der Waals surface area contributed by atoms with Crippen LogP contribution < -0.4 is 10.2 Å². The Labute approximate surface area is 150 Å². The van der Waals surface area contributed by atoms with Gasteiger partial charge in [0.1, 0.15) is 6.33 Å². The van der Waals surface area contributed by atoms with E-state index < -0.39 is 0 Å². The summed E-state index contributed by atoms with van der Waals surface area (Å²) in [5.41, 5.74) is 1.76. The summed E-state index contributed by atoms with van der Waals surface area (Å²) in [6.45, 7) is 7.92. The number of aromatic nitrogens is 4. The van der Waals surface area contributed by atoms with E-state index in [0.29, 0.717) is 0 Å². The maximum absolute atomic E-state index is 10.0. The lowest BCUT2D eigenvalue weighted by Crippen LogP contribution is -2.44. The van der Waals surface area contributed by atoms with Crippen molar-refractivity contribution >= 4 is 17.0 Å². The molecule has 0 aliphatic carbocycles. The van der Waals surface area contributed by atoms with Crippen molar-refractivity contribution in [3.63, 3.8) is 0 Å². The van der Waals surface area contributed by atoms with Gasteiger partial charge in [-0.05, 0) is 46.1 Å². The highest BCUT2D eigenvalue weighted by Crippen LogP contribution is 2.22. The largest absolute Gasteiger partial charge is 0.392 e. The van der Waals surface area contributed by atoms with E-state index in [1.165, 1.54) is 0 Å². The normalized spacial score (nSPS) is 20.4. The average Bonchev–Trinajstić information content (AvgIpc) is 3.02. The van der Waals surface area contributed by atoms with Crippen LogP contribution in [0.5, 0.6) is 0 Å². The van der Waals surface area contributed by atoms with Gasteiger partial charge in [-0.3, -0.25) is 0 Å². The molecule has 3 heterocycles. The molecule has 1 saturated heterocycles. The van der Waals surface area contributed by atoms with E-state index in [1.807, 2.05) is 6.33 Å². The zero-order chi connectivity index (χ0) is 16.9. The number of aryl methyl sites for hydroxylation is 1. The Hall–Kier alpha value is -1.73. The van der Waals surface area contributed by atoms with Crippen LogP contribution in [-0.2, 0) is 6.54 Å². The molecule has 0 radical (unpaired) electrons. The van der Waals surface area contributed by atoms with Crippen LogP contribution in [0, 0.1) is 0 Å². The highest BCUT2D eigenvalue weighted by atomic mass is 16.3. The number of hydrogen-bond acceptors (Lipinski definition) is 6. The molecular weight excluding hydrogens is 316 g/mol. The number of rotatable bonds is 7. The molecular formula is C18H32N6O. The smallest absolute Gasteiger partial charge is 0.165 e. The Morgan fingerprint density at radius 2 is 2.08 bits per heavy atom. The standard InChI is InChI=1S/C17H28N6O.CH4/c1-3-22(4-2)16-15-17(20-11-19-16)23(12-21-15)10-6-7-13-14(24)8-5-9-18-13;/h11-14,18,24H,3-10H2,1-2H3;1H4/t13-,14+;/m1./s1. The van der Waals surface area contributed by atoms with E-state index in [1.54, 1.807) is 6.33 Å². The molecule has 7 nitrogen and oxygen atoms in total. The third kappa shape index (κ3) is 4.27. The number of hydrogen-bond donors (Lipinski definition) is 2. The molecule has 0 unspecified atom stereocenters. The van der Waals surface area contributed by atoms with Crippen LogP contribution >= 0.6 is 0 Å². The van der Waals surface area contributed by atoms with Crippen molar-refractivity contribution in [3.05, 3.63) is 12.7 Å². The minimum atomic E-state index is -0.213. The molecule has 1 fully saturated rings. The molecule has 0 bridgehead atoms. The number of nitrogens with one attached hydrogen (secondary N) is 1. The lowest BCUT2D eigenvalue weighted by Gasteiger charge is -2.28. The van der Waals surface area contributed by atoms with Gasteiger partial charge in [-0.15, -0.1) is 0 Å². The van der Waals surface area contributed by atoms with Gasteiger partial charge in [-0.25, -0.2) is 15.0 Å². The Kier molecular flexibility index (Phi) is 7.13. The van der Waals surface area contributed by atoms with Crippen molar-refractivity contribution in [1.82, 2.24) is 24.8 Å². The van der Waals surface area contributed by atoms with Crippen molar-refractivity contribution in [3.8, 4) is 0 Å². The predicted octanol–water partition coefficient (Wildman–Crippen LogP) is 2.20. The number of anilines is 1. The maximum Gasteiger partial charge on any atom is 0.165 e. The predicted molar refractivity (Wildman–Crippen MR) is 102 cm³/mol. The Morgan fingerprint density at radius 3 is 2.80 bits per heavy atom. The monoisotopic (exact) mass is 348 g/mol. The summed E-state index contributed by atoms with van der Waals surface area (Å²) >= 11 is 0. The van der Waals surface area contributed by atoms with Gasteiger partial charge in [-0.1, -0.05) is 7.43 Å². The number of piperidine rings is 1. The fourth-order valence-electron chi connectivity index (χ4n) is 3.50. The van der Waals surface area contributed by atoms with E-state index in [9.17, 15) is 5.11 Å². The van der Waals surface area contributed by atoms with Gasteiger partial charge in [0.05, 0.1) is 12.4 Å². The van der Waals surface area contributed by atoms with Crippen molar-refractivity contribution in [2.24, 2.45) is 0 Å². The SMILES string of the molecule is C.CCN(CC)c1ncnc2c1ncn2CCC[C@H]1NCCC[C@@H]1O. The van der Waals surface area contributed by atoms with Crippen molar-refractivity contribution in [2.45, 2.75) is 65.6 Å². The van der Waals surface area contributed by atoms with Gasteiger partial charge in [0.25, 0.3) is 0 Å². The molecule has 3 rings (SSSR count). The third-order valence-corrected chi connectivity index (χ3v) is 4.91. The van der Waals surface area contributed by atoms with Crippen LogP contribution in [0.1, 0.15) is 47.0 Å². The molecule has 7 heteroatoms. The van der Waals surface area contributed by atoms with E-state index in [2.05, 4.69) is 43.6 Å². The van der Waals surface area contributed by atoms with E-state index >= 15 is 0 Å². The number of fused-ring (bicyclic) bond motifs is 1. The van der Waals surface area contributed by atoms with E-state index in [-0.39, 0.29) is 19.6 Å². The first-order valence-corrected chi connectivity index (χ1v) is 9.06. The molecule has 2 aromatic rings. The zero-order valence-corrected chi connectivity index (χ0v) is 14.6. The minimum absolute atomic E-state index is 0. The molecule has 140 valence electrons. The van der Waals surface area contributed by atoms with Crippen LogP contribution in [0.3, 0.4) is 0 Å². The average molecular weight is 348 g/mol. The number of imidazole rings is 1. The maximum atomic E-state index is 10.0. The lowest BCUT2D eigenvalue weighted by atomic mass is 9.97. The zero-order valence-electron chi connectivity index (χ0n) is 14.6. The summed E-state index contributed by atoms with van der Waals surface area (Å²) in [6, 6.07) is 0.217.